The van der Waals surface area contributed by atoms with Crippen LogP contribution >= 0.6 is 0 Å². The van der Waals surface area contributed by atoms with Gasteiger partial charge in [0.05, 0.1) is 24.4 Å². The molecular formula is C10H22N6O2. The molecule has 8 nitrogen and oxygen atoms in total. The summed E-state index contributed by atoms with van der Waals surface area (Å²) in [4.78, 5) is 25.0. The lowest BCUT2D eigenvalue weighted by Gasteiger charge is -2.41. The van der Waals surface area contributed by atoms with Crippen LogP contribution in [0.1, 0.15) is 0 Å². The molecule has 0 bridgehead atoms. The third-order valence-corrected chi connectivity index (χ3v) is 3.30. The van der Waals surface area contributed by atoms with Crippen LogP contribution in [0.15, 0.2) is 0 Å². The van der Waals surface area contributed by atoms with E-state index in [1.807, 2.05) is 9.80 Å². The van der Waals surface area contributed by atoms with Crippen molar-refractivity contribution in [2.75, 3.05) is 26.2 Å². The summed E-state index contributed by atoms with van der Waals surface area (Å²) in [6, 6.07) is -1.38. The predicted octanol–water partition coefficient (Wildman–Crippen LogP) is -3.77. The molecular weight excluding hydrogens is 236 g/mol. The normalized spacial score (nSPS) is 25.1. The maximum atomic E-state index is 10.6. The zero-order valence-electron chi connectivity index (χ0n) is 10.3. The Morgan fingerprint density at radius 1 is 0.722 bits per heavy atom. The number of piperazine rings is 1. The van der Waals surface area contributed by atoms with E-state index in [2.05, 4.69) is 0 Å². The highest BCUT2D eigenvalue weighted by Gasteiger charge is 2.29. The molecule has 104 valence electrons. The van der Waals surface area contributed by atoms with Gasteiger partial charge < -0.3 is 32.5 Å². The molecule has 1 heterocycles. The first-order chi connectivity index (χ1) is 8.51. The van der Waals surface area contributed by atoms with Crippen molar-refractivity contribution in [2.45, 2.75) is 24.4 Å². The molecule has 8 N–H and O–H groups in total. The molecule has 18 heavy (non-hydrogen) atoms. The average molecular weight is 258 g/mol. The molecule has 0 aromatic heterocycles. The third-order valence-electron chi connectivity index (χ3n) is 3.30. The number of nitrogens with zero attached hydrogens (tertiary/aromatic N) is 2. The van der Waals surface area contributed by atoms with Gasteiger partial charge in [0.15, 0.2) is 0 Å². The minimum absolute atomic E-state index is 0.486. The van der Waals surface area contributed by atoms with Gasteiger partial charge in [0.1, 0.15) is 12.6 Å². The molecule has 0 aromatic rings. The lowest BCUT2D eigenvalue weighted by molar-refractivity contribution is -0.112. The van der Waals surface area contributed by atoms with Crippen LogP contribution in [0.3, 0.4) is 0 Å². The fraction of sp³-hybridized carbons (Fsp3) is 0.800. The third kappa shape index (κ3) is 3.55. The molecule has 0 radical (unpaired) electrons. The lowest BCUT2D eigenvalue weighted by atomic mass is 10.1. The molecule has 0 amide bonds. The Balaban J connectivity index is 2.45. The number of nitrogens with two attached hydrogens (primary N) is 4. The Morgan fingerprint density at radius 3 is 1.22 bits per heavy atom. The highest BCUT2D eigenvalue weighted by atomic mass is 16.1. The van der Waals surface area contributed by atoms with Crippen molar-refractivity contribution < 1.29 is 9.59 Å². The maximum Gasteiger partial charge on any atom is 0.139 e. The van der Waals surface area contributed by atoms with Gasteiger partial charge in [0, 0.05) is 26.2 Å². The molecule has 1 aliphatic rings. The van der Waals surface area contributed by atoms with Gasteiger partial charge in [0.2, 0.25) is 0 Å². The van der Waals surface area contributed by atoms with Gasteiger partial charge in [-0.2, -0.15) is 0 Å². The number of carbonyl (C=O) groups is 2. The van der Waals surface area contributed by atoms with E-state index in [0.29, 0.717) is 38.8 Å². The van der Waals surface area contributed by atoms with Crippen LogP contribution in [0, 0.1) is 0 Å². The van der Waals surface area contributed by atoms with E-state index >= 15 is 0 Å². The van der Waals surface area contributed by atoms with Crippen molar-refractivity contribution >= 4 is 12.6 Å². The monoisotopic (exact) mass is 258 g/mol. The molecule has 1 aliphatic heterocycles. The standard InChI is InChI=1S/C10H22N6O2/c11-7(5-17)9(13)15-1-2-16(4-3-15)10(14)8(12)6-18/h5-10H,1-4,11-14H2. The van der Waals surface area contributed by atoms with E-state index in [4.69, 9.17) is 22.9 Å². The van der Waals surface area contributed by atoms with Crippen molar-refractivity contribution in [3.05, 3.63) is 0 Å². The molecule has 4 atom stereocenters. The lowest BCUT2D eigenvalue weighted by Crippen LogP contribution is -2.64. The molecule has 8 heteroatoms. The summed E-state index contributed by atoms with van der Waals surface area (Å²) in [5.41, 5.74) is 22.8. The fourth-order valence-corrected chi connectivity index (χ4v) is 1.98. The van der Waals surface area contributed by atoms with Gasteiger partial charge in [-0.1, -0.05) is 0 Å². The van der Waals surface area contributed by atoms with Gasteiger partial charge in [-0.3, -0.25) is 9.80 Å². The molecule has 4 unspecified atom stereocenters. The topological polar surface area (TPSA) is 145 Å². The largest absolute Gasteiger partial charge is 0.319 e. The highest BCUT2D eigenvalue weighted by molar-refractivity contribution is 5.58. The molecule has 0 spiro atoms. The Kier molecular flexibility index (Phi) is 5.79. The summed E-state index contributed by atoms with van der Waals surface area (Å²) in [6.07, 6.45) is 0.317. The van der Waals surface area contributed by atoms with Gasteiger partial charge >= 0.3 is 0 Å². The van der Waals surface area contributed by atoms with E-state index in [0.717, 1.165) is 0 Å². The number of hydrogen-bond acceptors (Lipinski definition) is 8. The zero-order chi connectivity index (χ0) is 13.7. The van der Waals surface area contributed by atoms with Crippen LogP contribution in [0.5, 0.6) is 0 Å². The van der Waals surface area contributed by atoms with Crippen LogP contribution in [0.4, 0.5) is 0 Å². The zero-order valence-corrected chi connectivity index (χ0v) is 10.3. The fourth-order valence-electron chi connectivity index (χ4n) is 1.98. The summed E-state index contributed by atoms with van der Waals surface area (Å²) in [7, 11) is 0. The summed E-state index contributed by atoms with van der Waals surface area (Å²) < 4.78 is 0. The molecule has 1 rings (SSSR count). The summed E-state index contributed by atoms with van der Waals surface area (Å²) >= 11 is 0. The molecule has 0 aromatic carbocycles. The molecule has 1 fully saturated rings. The Labute approximate surface area is 106 Å². The number of carbonyl (C=O) groups excluding carboxylic acids is 2. The number of aldehydes is 2. The molecule has 0 saturated carbocycles. The Morgan fingerprint density at radius 2 is 1.00 bits per heavy atom. The second-order valence-electron chi connectivity index (χ2n) is 4.48. The molecule has 1 saturated heterocycles. The van der Waals surface area contributed by atoms with Gasteiger partial charge in [-0.15, -0.1) is 0 Å². The number of hydrogen-bond donors (Lipinski definition) is 4. The maximum absolute atomic E-state index is 10.6. The van der Waals surface area contributed by atoms with Gasteiger partial charge in [0.25, 0.3) is 0 Å². The van der Waals surface area contributed by atoms with Gasteiger partial charge in [-0.25, -0.2) is 0 Å². The highest BCUT2D eigenvalue weighted by Crippen LogP contribution is 2.07. The van der Waals surface area contributed by atoms with Crippen LogP contribution in [-0.2, 0) is 9.59 Å². The van der Waals surface area contributed by atoms with E-state index in [-0.39, 0.29) is 0 Å². The van der Waals surface area contributed by atoms with Crippen LogP contribution in [0.25, 0.3) is 0 Å². The first-order valence-electron chi connectivity index (χ1n) is 5.92. The quantitative estimate of drug-likeness (QED) is 0.355. The van der Waals surface area contributed by atoms with E-state index < -0.39 is 24.4 Å². The average Bonchev–Trinajstić information content (AvgIpc) is 2.44. The van der Waals surface area contributed by atoms with Crippen molar-refractivity contribution in [3.8, 4) is 0 Å². The minimum atomic E-state index is -0.692. The minimum Gasteiger partial charge on any atom is -0.319 e. The summed E-state index contributed by atoms with van der Waals surface area (Å²) in [5, 5.41) is 0. The van der Waals surface area contributed by atoms with Crippen molar-refractivity contribution in [1.29, 1.82) is 0 Å². The van der Waals surface area contributed by atoms with Crippen molar-refractivity contribution in [1.82, 2.24) is 9.80 Å². The Bertz CT molecular complexity index is 254. The summed E-state index contributed by atoms with van der Waals surface area (Å²) in [6.45, 7) is 2.56. The first kappa shape index (κ1) is 15.2. The van der Waals surface area contributed by atoms with Crippen LogP contribution in [-0.4, -0.2) is 73.0 Å². The molecule has 0 aliphatic carbocycles. The smallest absolute Gasteiger partial charge is 0.139 e. The van der Waals surface area contributed by atoms with Crippen LogP contribution < -0.4 is 22.9 Å². The van der Waals surface area contributed by atoms with E-state index in [1.54, 1.807) is 0 Å². The SMILES string of the molecule is NC(C=O)C(N)N1CCN(C(N)C(N)C=O)CC1. The number of rotatable bonds is 6. The summed E-state index contributed by atoms with van der Waals surface area (Å²) in [5.74, 6) is 0. The van der Waals surface area contributed by atoms with Crippen molar-refractivity contribution in [3.63, 3.8) is 0 Å². The van der Waals surface area contributed by atoms with E-state index in [9.17, 15) is 9.59 Å². The first-order valence-corrected chi connectivity index (χ1v) is 5.92. The second kappa shape index (κ2) is 6.88. The van der Waals surface area contributed by atoms with Gasteiger partial charge in [-0.05, 0) is 0 Å². The van der Waals surface area contributed by atoms with Crippen molar-refractivity contribution in [2.24, 2.45) is 22.9 Å². The van der Waals surface area contributed by atoms with E-state index in [1.165, 1.54) is 0 Å². The van der Waals surface area contributed by atoms with Crippen LogP contribution in [0.2, 0.25) is 0 Å². The predicted molar refractivity (Wildman–Crippen MR) is 67.2 cm³/mol. The second-order valence-corrected chi connectivity index (χ2v) is 4.48. The Hall–Kier alpha value is -0.900.